The summed E-state index contributed by atoms with van der Waals surface area (Å²) in [6.45, 7) is 6.51. The maximum absolute atomic E-state index is 12.0. The number of likely N-dealkylation sites (N-methyl/N-ethyl adjacent to an activating group) is 1. The van der Waals surface area contributed by atoms with Crippen LogP contribution < -0.4 is 16.4 Å². The molecule has 7 heteroatoms. The van der Waals surface area contributed by atoms with Gasteiger partial charge in [-0.05, 0) is 18.3 Å². The molecule has 2 amide bonds. The van der Waals surface area contributed by atoms with E-state index in [1.165, 1.54) is 0 Å². The molecule has 0 aliphatic carbocycles. The van der Waals surface area contributed by atoms with Crippen molar-refractivity contribution in [1.82, 2.24) is 20.2 Å². The topological polar surface area (TPSA) is 102 Å². The van der Waals surface area contributed by atoms with Crippen LogP contribution in [0.2, 0.25) is 0 Å². The second-order valence-electron chi connectivity index (χ2n) is 6.42. The lowest BCUT2D eigenvalue weighted by Gasteiger charge is -2.29. The fourth-order valence-corrected chi connectivity index (χ4v) is 2.15. The molecule has 0 radical (unpaired) electrons. The largest absolute Gasteiger partial charge is 0.369 e. The summed E-state index contributed by atoms with van der Waals surface area (Å²) in [4.78, 5) is 27.8. The molecule has 0 saturated carbocycles. The molecule has 0 unspecified atom stereocenters. The van der Waals surface area contributed by atoms with Crippen LogP contribution in [-0.4, -0.2) is 34.5 Å². The molecular weight excluding hydrogens is 282 g/mol. The Balaban J connectivity index is 2.38. The highest BCUT2D eigenvalue weighted by atomic mass is 16.2. The number of unbranched alkanes of at least 4 members (excludes halogenated alkanes) is 1. The second kappa shape index (κ2) is 7.82. The number of rotatable bonds is 7. The first-order valence-corrected chi connectivity index (χ1v) is 7.53. The van der Waals surface area contributed by atoms with Gasteiger partial charge in [-0.15, -0.1) is 0 Å². The average molecular weight is 309 g/mol. The van der Waals surface area contributed by atoms with Crippen LogP contribution in [0.5, 0.6) is 0 Å². The Morgan fingerprint density at radius 1 is 1.36 bits per heavy atom. The normalized spacial score (nSPS) is 12.7. The van der Waals surface area contributed by atoms with Crippen molar-refractivity contribution in [2.45, 2.75) is 52.6 Å². The zero-order valence-electron chi connectivity index (χ0n) is 13.8. The van der Waals surface area contributed by atoms with Crippen LogP contribution in [-0.2, 0) is 16.1 Å². The fraction of sp³-hybridized carbons (Fsp3) is 0.667. The summed E-state index contributed by atoms with van der Waals surface area (Å²) < 4.78 is 1.85. The molecule has 0 aliphatic rings. The Morgan fingerprint density at radius 2 is 2.05 bits per heavy atom. The van der Waals surface area contributed by atoms with Gasteiger partial charge in [0.05, 0.1) is 0 Å². The van der Waals surface area contributed by atoms with Gasteiger partial charge in [0.1, 0.15) is 6.04 Å². The number of nitrogens with zero attached hydrogens (tertiary/aromatic N) is 2. The first-order valence-electron chi connectivity index (χ1n) is 7.53. The molecule has 22 heavy (non-hydrogen) atoms. The molecule has 7 nitrogen and oxygen atoms in total. The first kappa shape index (κ1) is 18.0. The molecule has 0 aromatic carbocycles. The Morgan fingerprint density at radius 3 is 2.55 bits per heavy atom. The highest BCUT2D eigenvalue weighted by molar-refractivity contribution is 5.88. The van der Waals surface area contributed by atoms with Crippen LogP contribution in [0.1, 0.15) is 40.0 Å². The number of carbonyl (C=O) groups is 2. The lowest BCUT2D eigenvalue weighted by molar-refractivity contribution is -0.131. The van der Waals surface area contributed by atoms with E-state index in [0.29, 0.717) is 12.4 Å². The zero-order valence-corrected chi connectivity index (χ0v) is 13.8. The quantitative estimate of drug-likeness (QED) is 0.652. The summed E-state index contributed by atoms with van der Waals surface area (Å²) in [7, 11) is 1.57. The number of aryl methyl sites for hydroxylation is 1. The molecule has 0 bridgehead atoms. The van der Waals surface area contributed by atoms with Gasteiger partial charge in [0.25, 0.3) is 0 Å². The van der Waals surface area contributed by atoms with Crippen LogP contribution in [0.15, 0.2) is 12.4 Å². The summed E-state index contributed by atoms with van der Waals surface area (Å²) in [5.41, 5.74) is 5.34. The van der Waals surface area contributed by atoms with Crippen molar-refractivity contribution in [2.75, 3.05) is 12.8 Å². The molecule has 0 fully saturated rings. The third kappa shape index (κ3) is 5.38. The van der Waals surface area contributed by atoms with Gasteiger partial charge in [-0.1, -0.05) is 20.8 Å². The number of hydrogen-bond acceptors (Lipinski definition) is 4. The lowest BCUT2D eigenvalue weighted by atomic mass is 9.86. The standard InChI is InChI=1S/C15H27N5O2/c1-15(2,3)12(13(22)17-4)19-11(21)7-5-6-9-20-10-8-18-14(20)16/h8,10,12H,5-7,9H2,1-4H3,(H2,16,18)(H,17,22)(H,19,21)/t12-/m1/s1. The molecule has 1 aromatic rings. The van der Waals surface area contributed by atoms with E-state index in [-0.39, 0.29) is 17.2 Å². The van der Waals surface area contributed by atoms with E-state index in [0.717, 1.165) is 19.4 Å². The monoisotopic (exact) mass is 309 g/mol. The van der Waals surface area contributed by atoms with Crippen molar-refractivity contribution in [3.05, 3.63) is 12.4 Å². The minimum absolute atomic E-state index is 0.109. The van der Waals surface area contributed by atoms with Crippen molar-refractivity contribution < 1.29 is 9.59 Å². The number of imidazole rings is 1. The molecule has 0 spiro atoms. The number of carbonyl (C=O) groups excluding carboxylic acids is 2. The molecular formula is C15H27N5O2. The number of nitrogen functional groups attached to an aromatic ring is 1. The minimum atomic E-state index is -0.533. The van der Waals surface area contributed by atoms with Gasteiger partial charge in [0.2, 0.25) is 11.8 Å². The average Bonchev–Trinajstić information content (AvgIpc) is 2.84. The molecule has 4 N–H and O–H groups in total. The van der Waals surface area contributed by atoms with E-state index < -0.39 is 6.04 Å². The van der Waals surface area contributed by atoms with Gasteiger partial charge < -0.3 is 20.9 Å². The van der Waals surface area contributed by atoms with Gasteiger partial charge in [0.15, 0.2) is 5.95 Å². The summed E-state index contributed by atoms with van der Waals surface area (Å²) in [6, 6.07) is -0.533. The van der Waals surface area contributed by atoms with Crippen molar-refractivity contribution >= 4 is 17.8 Å². The third-order valence-corrected chi connectivity index (χ3v) is 3.48. The predicted octanol–water partition coefficient (Wildman–Crippen LogP) is 0.912. The second-order valence-corrected chi connectivity index (χ2v) is 6.42. The number of hydrogen-bond donors (Lipinski definition) is 3. The van der Waals surface area contributed by atoms with Gasteiger partial charge in [-0.2, -0.15) is 0 Å². The Labute approximate surface area is 131 Å². The van der Waals surface area contributed by atoms with E-state index in [9.17, 15) is 9.59 Å². The van der Waals surface area contributed by atoms with Crippen LogP contribution in [0.4, 0.5) is 5.95 Å². The summed E-state index contributed by atoms with van der Waals surface area (Å²) in [6.07, 6.45) is 5.41. The number of aromatic nitrogens is 2. The summed E-state index contributed by atoms with van der Waals surface area (Å²) in [5.74, 6) is 0.200. The summed E-state index contributed by atoms with van der Waals surface area (Å²) in [5, 5.41) is 5.41. The smallest absolute Gasteiger partial charge is 0.242 e. The Bertz CT molecular complexity index is 504. The van der Waals surface area contributed by atoms with E-state index in [1.54, 1.807) is 13.2 Å². The third-order valence-electron chi connectivity index (χ3n) is 3.48. The van der Waals surface area contributed by atoms with Gasteiger partial charge in [-0.3, -0.25) is 9.59 Å². The Kier molecular flexibility index (Phi) is 6.39. The minimum Gasteiger partial charge on any atom is -0.369 e. The molecule has 124 valence electrons. The first-order chi connectivity index (χ1) is 10.3. The van der Waals surface area contributed by atoms with Crippen LogP contribution in [0, 0.1) is 5.41 Å². The zero-order chi connectivity index (χ0) is 16.8. The van der Waals surface area contributed by atoms with Gasteiger partial charge in [-0.25, -0.2) is 4.98 Å². The maximum atomic E-state index is 12.0. The maximum Gasteiger partial charge on any atom is 0.242 e. The number of anilines is 1. The fourth-order valence-electron chi connectivity index (χ4n) is 2.15. The van der Waals surface area contributed by atoms with Gasteiger partial charge in [0, 0.05) is 32.4 Å². The van der Waals surface area contributed by atoms with E-state index in [1.807, 2.05) is 31.5 Å². The van der Waals surface area contributed by atoms with Crippen molar-refractivity contribution in [3.63, 3.8) is 0 Å². The van der Waals surface area contributed by atoms with E-state index in [4.69, 9.17) is 5.73 Å². The number of nitrogens with one attached hydrogen (secondary N) is 2. The number of nitrogens with two attached hydrogens (primary N) is 1. The molecule has 1 aromatic heterocycles. The summed E-state index contributed by atoms with van der Waals surface area (Å²) >= 11 is 0. The SMILES string of the molecule is CNC(=O)[C@@H](NC(=O)CCCCn1ccnc1N)C(C)(C)C. The lowest BCUT2D eigenvalue weighted by Crippen LogP contribution is -2.52. The molecule has 1 atom stereocenters. The van der Waals surface area contributed by atoms with Crippen molar-refractivity contribution in [2.24, 2.45) is 5.41 Å². The highest BCUT2D eigenvalue weighted by Gasteiger charge is 2.31. The van der Waals surface area contributed by atoms with Gasteiger partial charge >= 0.3 is 0 Å². The van der Waals surface area contributed by atoms with Crippen LogP contribution >= 0.6 is 0 Å². The highest BCUT2D eigenvalue weighted by Crippen LogP contribution is 2.19. The molecule has 0 aliphatic heterocycles. The van der Waals surface area contributed by atoms with E-state index in [2.05, 4.69) is 15.6 Å². The van der Waals surface area contributed by atoms with Crippen LogP contribution in [0.25, 0.3) is 0 Å². The molecule has 0 saturated heterocycles. The predicted molar refractivity (Wildman–Crippen MR) is 85.9 cm³/mol. The van der Waals surface area contributed by atoms with Crippen LogP contribution in [0.3, 0.4) is 0 Å². The van der Waals surface area contributed by atoms with Crippen molar-refractivity contribution in [3.8, 4) is 0 Å². The molecule has 1 heterocycles. The van der Waals surface area contributed by atoms with Crippen molar-refractivity contribution in [1.29, 1.82) is 0 Å². The Hall–Kier alpha value is -2.05. The number of amides is 2. The molecule has 1 rings (SSSR count). The van der Waals surface area contributed by atoms with E-state index >= 15 is 0 Å².